The van der Waals surface area contributed by atoms with E-state index in [9.17, 15) is 31.2 Å². The fourth-order valence-corrected chi connectivity index (χ4v) is 5.82. The molecule has 2 aromatic heterocycles. The molecule has 2 amide bonds. The van der Waals surface area contributed by atoms with Gasteiger partial charge in [0.05, 0.1) is 24.4 Å². The standard InChI is InChI=1S/C27H28F3N5O5S/c1-16-4-7-20(31-13-16)22-23(32-21(36)14-41(2,38)39)24-25(37)33-26(15-35(24)34-22)10-8-17-12-18(5-6-19(17)26)40-11-3-9-27(28,29)30/h4-7,12-13H,3,8-11,14-15H2,1-2H3,(H,32,36)(H,33,37)/t26-/m0/s1. The lowest BCUT2D eigenvalue weighted by Crippen LogP contribution is -2.52. The molecule has 41 heavy (non-hydrogen) atoms. The molecule has 2 N–H and O–H groups in total. The molecule has 1 aromatic carbocycles. The number of anilines is 1. The molecule has 5 rings (SSSR count). The molecule has 1 atom stereocenters. The van der Waals surface area contributed by atoms with Crippen molar-refractivity contribution in [3.63, 3.8) is 0 Å². The third kappa shape index (κ3) is 6.21. The maximum Gasteiger partial charge on any atom is 0.389 e. The predicted molar refractivity (Wildman–Crippen MR) is 143 cm³/mol. The van der Waals surface area contributed by atoms with Crippen molar-refractivity contribution in [2.24, 2.45) is 0 Å². The van der Waals surface area contributed by atoms with Gasteiger partial charge in [0.25, 0.3) is 5.91 Å². The van der Waals surface area contributed by atoms with Gasteiger partial charge in [0.2, 0.25) is 5.91 Å². The number of ether oxygens (including phenoxy) is 1. The summed E-state index contributed by atoms with van der Waals surface area (Å²) in [7, 11) is -3.63. The number of hydrogen-bond acceptors (Lipinski definition) is 7. The average Bonchev–Trinajstić information content (AvgIpc) is 3.39. The second-order valence-electron chi connectivity index (χ2n) is 10.5. The summed E-state index contributed by atoms with van der Waals surface area (Å²) in [6.45, 7) is 2.02. The maximum atomic E-state index is 13.6. The van der Waals surface area contributed by atoms with Crippen LogP contribution in [0.2, 0.25) is 0 Å². The highest BCUT2D eigenvalue weighted by Crippen LogP contribution is 2.43. The Balaban J connectivity index is 1.45. The number of aryl methyl sites for hydroxylation is 2. The lowest BCUT2D eigenvalue weighted by atomic mass is 9.89. The molecule has 14 heteroatoms. The van der Waals surface area contributed by atoms with E-state index in [-0.39, 0.29) is 36.6 Å². The van der Waals surface area contributed by atoms with Crippen LogP contribution in [0.4, 0.5) is 18.9 Å². The van der Waals surface area contributed by atoms with E-state index in [1.807, 2.05) is 6.92 Å². The highest BCUT2D eigenvalue weighted by molar-refractivity contribution is 7.91. The molecule has 0 radical (unpaired) electrons. The Morgan fingerprint density at radius 3 is 2.71 bits per heavy atom. The maximum absolute atomic E-state index is 13.6. The Morgan fingerprint density at radius 1 is 1.24 bits per heavy atom. The van der Waals surface area contributed by atoms with Crippen LogP contribution in [0, 0.1) is 6.92 Å². The molecule has 3 aromatic rings. The van der Waals surface area contributed by atoms with Gasteiger partial charge in [-0.3, -0.25) is 19.3 Å². The molecule has 0 unspecified atom stereocenters. The Hall–Kier alpha value is -3.94. The average molecular weight is 592 g/mol. The zero-order valence-corrected chi connectivity index (χ0v) is 23.2. The Kier molecular flexibility index (Phi) is 7.30. The largest absolute Gasteiger partial charge is 0.494 e. The van der Waals surface area contributed by atoms with Crippen LogP contribution >= 0.6 is 0 Å². The summed E-state index contributed by atoms with van der Waals surface area (Å²) >= 11 is 0. The number of aromatic nitrogens is 3. The molecule has 218 valence electrons. The smallest absolute Gasteiger partial charge is 0.389 e. The third-order valence-electron chi connectivity index (χ3n) is 7.04. The SMILES string of the molecule is Cc1ccc(-c2nn3c(c2NC(=O)CS(C)(=O)=O)C(=O)N[C@@]2(CCc4cc(OCCCC(F)(F)F)ccc42)C3)nc1. The van der Waals surface area contributed by atoms with E-state index in [2.05, 4.69) is 20.7 Å². The lowest BCUT2D eigenvalue weighted by molar-refractivity contribution is -0.136. The summed E-state index contributed by atoms with van der Waals surface area (Å²) in [6.07, 6.45) is -1.61. The van der Waals surface area contributed by atoms with Gasteiger partial charge in [-0.05, 0) is 61.1 Å². The molecular weight excluding hydrogens is 563 g/mol. The molecule has 0 fully saturated rings. The summed E-state index contributed by atoms with van der Waals surface area (Å²) < 4.78 is 67.7. The van der Waals surface area contributed by atoms with Crippen molar-refractivity contribution < 1.29 is 35.9 Å². The number of sulfone groups is 1. The molecule has 1 aliphatic carbocycles. The molecule has 1 spiro atoms. The topological polar surface area (TPSA) is 132 Å². The van der Waals surface area contributed by atoms with Gasteiger partial charge in [0, 0.05) is 18.9 Å². The zero-order chi connectivity index (χ0) is 29.6. The first-order valence-corrected chi connectivity index (χ1v) is 15.0. The van der Waals surface area contributed by atoms with Gasteiger partial charge < -0.3 is 15.4 Å². The van der Waals surface area contributed by atoms with E-state index in [4.69, 9.17) is 4.74 Å². The van der Waals surface area contributed by atoms with E-state index in [1.54, 1.807) is 36.5 Å². The number of carbonyl (C=O) groups is 2. The summed E-state index contributed by atoms with van der Waals surface area (Å²) in [6, 6.07) is 8.75. The quantitative estimate of drug-likeness (QED) is 0.383. The summed E-state index contributed by atoms with van der Waals surface area (Å²) in [4.78, 5) is 30.6. The van der Waals surface area contributed by atoms with Crippen LogP contribution in [0.15, 0.2) is 36.5 Å². The number of halogens is 3. The summed E-state index contributed by atoms with van der Waals surface area (Å²) in [5.41, 5.74) is 2.60. The lowest BCUT2D eigenvalue weighted by Gasteiger charge is -2.36. The summed E-state index contributed by atoms with van der Waals surface area (Å²) in [5.74, 6) is -1.62. The van der Waals surface area contributed by atoms with E-state index >= 15 is 0 Å². The molecular formula is C27H28F3N5O5S. The van der Waals surface area contributed by atoms with Crippen LogP contribution in [0.25, 0.3) is 11.4 Å². The fraction of sp³-hybridized carbons (Fsp3) is 0.407. The van der Waals surface area contributed by atoms with Gasteiger partial charge in [-0.2, -0.15) is 18.3 Å². The van der Waals surface area contributed by atoms with Gasteiger partial charge in [0.1, 0.15) is 22.9 Å². The van der Waals surface area contributed by atoms with Crippen molar-refractivity contribution in [2.45, 2.75) is 50.9 Å². The highest BCUT2D eigenvalue weighted by Gasteiger charge is 2.46. The first-order valence-electron chi connectivity index (χ1n) is 12.9. The van der Waals surface area contributed by atoms with Crippen molar-refractivity contribution in [2.75, 3.05) is 23.9 Å². The molecule has 2 aliphatic rings. The van der Waals surface area contributed by atoms with Crippen LogP contribution in [0.1, 0.15) is 46.4 Å². The first-order chi connectivity index (χ1) is 19.2. The Bertz CT molecular complexity index is 1620. The van der Waals surface area contributed by atoms with E-state index < -0.39 is 45.5 Å². The molecule has 0 bridgehead atoms. The second-order valence-corrected chi connectivity index (χ2v) is 12.6. The molecule has 0 saturated heterocycles. The van der Waals surface area contributed by atoms with Crippen molar-refractivity contribution in [1.29, 1.82) is 0 Å². The minimum absolute atomic E-state index is 0.0690. The predicted octanol–water partition coefficient (Wildman–Crippen LogP) is 3.54. The van der Waals surface area contributed by atoms with Gasteiger partial charge in [-0.25, -0.2) is 8.42 Å². The number of nitrogens with zero attached hydrogens (tertiary/aromatic N) is 3. The van der Waals surface area contributed by atoms with Crippen molar-refractivity contribution in [1.82, 2.24) is 20.1 Å². The number of benzene rings is 1. The van der Waals surface area contributed by atoms with Gasteiger partial charge >= 0.3 is 6.18 Å². The van der Waals surface area contributed by atoms with Gasteiger partial charge in [0.15, 0.2) is 15.5 Å². The van der Waals surface area contributed by atoms with Gasteiger partial charge in [-0.1, -0.05) is 12.1 Å². The minimum Gasteiger partial charge on any atom is -0.494 e. The Labute approximate surface area is 234 Å². The highest BCUT2D eigenvalue weighted by atomic mass is 32.2. The third-order valence-corrected chi connectivity index (χ3v) is 7.82. The van der Waals surface area contributed by atoms with Crippen molar-refractivity contribution in [3.05, 3.63) is 58.9 Å². The number of hydrogen-bond donors (Lipinski definition) is 2. The fourth-order valence-electron chi connectivity index (χ4n) is 5.27. The van der Waals surface area contributed by atoms with Crippen LogP contribution < -0.4 is 15.4 Å². The summed E-state index contributed by atoms with van der Waals surface area (Å²) in [5, 5.41) is 10.3. The van der Waals surface area contributed by atoms with Crippen LogP contribution in [-0.4, -0.2) is 59.8 Å². The minimum atomic E-state index is -4.23. The number of pyridine rings is 1. The van der Waals surface area contributed by atoms with Crippen LogP contribution in [0.3, 0.4) is 0 Å². The molecule has 1 aliphatic heterocycles. The van der Waals surface area contributed by atoms with E-state index in [0.717, 1.165) is 22.9 Å². The van der Waals surface area contributed by atoms with E-state index in [1.165, 1.54) is 4.68 Å². The Morgan fingerprint density at radius 2 is 2.02 bits per heavy atom. The second kappa shape index (κ2) is 10.5. The zero-order valence-electron chi connectivity index (χ0n) is 22.3. The van der Waals surface area contributed by atoms with Crippen molar-refractivity contribution in [3.8, 4) is 17.1 Å². The monoisotopic (exact) mass is 591 g/mol. The molecule has 10 nitrogen and oxygen atoms in total. The molecule has 3 heterocycles. The number of fused-ring (bicyclic) bond motifs is 3. The molecule has 0 saturated carbocycles. The number of nitrogens with one attached hydrogen (secondary N) is 2. The van der Waals surface area contributed by atoms with Gasteiger partial charge in [-0.15, -0.1) is 0 Å². The van der Waals surface area contributed by atoms with Crippen LogP contribution in [0.5, 0.6) is 5.75 Å². The van der Waals surface area contributed by atoms with E-state index in [0.29, 0.717) is 24.3 Å². The number of carbonyl (C=O) groups excluding carboxylic acids is 2. The van der Waals surface area contributed by atoms with Crippen molar-refractivity contribution >= 4 is 27.3 Å². The first kappa shape index (κ1) is 28.6. The number of rotatable bonds is 8. The van der Waals surface area contributed by atoms with Crippen LogP contribution in [-0.2, 0) is 33.1 Å². The number of amides is 2. The number of alkyl halides is 3. The normalized spacial score (nSPS) is 18.1.